The van der Waals surface area contributed by atoms with E-state index in [0.717, 1.165) is 19.3 Å². The first-order valence-electron chi connectivity index (χ1n) is 6.58. The highest BCUT2D eigenvalue weighted by Crippen LogP contribution is 2.32. The molecule has 1 N–H and O–H groups in total. The Kier molecular flexibility index (Phi) is 4.16. The van der Waals surface area contributed by atoms with Crippen LogP contribution < -0.4 is 4.90 Å². The van der Waals surface area contributed by atoms with Gasteiger partial charge in [0.15, 0.2) is 0 Å². The van der Waals surface area contributed by atoms with E-state index >= 15 is 0 Å². The van der Waals surface area contributed by atoms with Crippen LogP contribution in [0.3, 0.4) is 0 Å². The summed E-state index contributed by atoms with van der Waals surface area (Å²) in [6.07, 6.45) is 4.11. The third-order valence-electron chi connectivity index (χ3n) is 3.49. The van der Waals surface area contributed by atoms with Crippen LogP contribution in [-0.2, 0) is 4.79 Å². The number of piperidine rings is 1. The third kappa shape index (κ3) is 3.04. The Morgan fingerprint density at radius 2 is 2.35 bits per heavy atom. The molecule has 1 saturated heterocycles. The van der Waals surface area contributed by atoms with Crippen LogP contribution in [-0.4, -0.2) is 33.6 Å². The average Bonchev–Trinajstić information content (AvgIpc) is 2.39. The molecule has 0 spiro atoms. The molecule has 1 atom stereocenters. The lowest BCUT2D eigenvalue weighted by molar-refractivity contribution is -0.384. The number of carboxylic acids is 1. The van der Waals surface area contributed by atoms with E-state index in [-0.39, 0.29) is 24.0 Å². The lowest BCUT2D eigenvalue weighted by Crippen LogP contribution is -2.41. The second-order valence-electron chi connectivity index (χ2n) is 5.05. The highest BCUT2D eigenvalue weighted by Gasteiger charge is 2.30. The van der Waals surface area contributed by atoms with E-state index in [0.29, 0.717) is 12.1 Å². The molecule has 1 aromatic rings. The van der Waals surface area contributed by atoms with E-state index < -0.39 is 10.9 Å². The minimum Gasteiger partial charge on any atom is -0.481 e. The van der Waals surface area contributed by atoms with E-state index in [2.05, 4.69) is 4.98 Å². The molecule has 1 fully saturated rings. The van der Waals surface area contributed by atoms with Crippen molar-refractivity contribution in [3.63, 3.8) is 0 Å². The number of pyridine rings is 1. The van der Waals surface area contributed by atoms with Crippen molar-refractivity contribution in [1.82, 2.24) is 4.98 Å². The SMILES string of the molecule is Cc1cnc(N2CCCCC2CC(=O)O)c([N+](=O)[O-])c1. The van der Waals surface area contributed by atoms with Crippen molar-refractivity contribution in [2.45, 2.75) is 38.6 Å². The van der Waals surface area contributed by atoms with Gasteiger partial charge in [0.1, 0.15) is 0 Å². The normalized spacial score (nSPS) is 18.9. The highest BCUT2D eigenvalue weighted by atomic mass is 16.6. The maximum absolute atomic E-state index is 11.2. The summed E-state index contributed by atoms with van der Waals surface area (Å²) in [4.78, 5) is 27.6. The molecule has 2 heterocycles. The first kappa shape index (κ1) is 14.2. The second kappa shape index (κ2) is 5.85. The third-order valence-corrected chi connectivity index (χ3v) is 3.49. The standard InChI is InChI=1S/C13H17N3O4/c1-9-6-11(16(19)20)13(14-8-9)15-5-3-2-4-10(15)7-12(17)18/h6,8,10H,2-5,7H2,1H3,(H,17,18). The maximum Gasteiger partial charge on any atom is 0.311 e. The molecule has 7 nitrogen and oxygen atoms in total. The summed E-state index contributed by atoms with van der Waals surface area (Å²) in [5.41, 5.74) is 0.662. The largest absolute Gasteiger partial charge is 0.481 e. The van der Waals surface area contributed by atoms with Crippen LogP contribution in [0.4, 0.5) is 11.5 Å². The molecule has 0 bridgehead atoms. The number of nitrogens with zero attached hydrogens (tertiary/aromatic N) is 3. The highest BCUT2D eigenvalue weighted by molar-refractivity contribution is 5.69. The van der Waals surface area contributed by atoms with Crippen molar-refractivity contribution in [3.05, 3.63) is 27.9 Å². The second-order valence-corrected chi connectivity index (χ2v) is 5.05. The quantitative estimate of drug-likeness (QED) is 0.670. The average molecular weight is 279 g/mol. The van der Waals surface area contributed by atoms with Crippen LogP contribution in [0.15, 0.2) is 12.3 Å². The van der Waals surface area contributed by atoms with Crippen molar-refractivity contribution < 1.29 is 14.8 Å². The van der Waals surface area contributed by atoms with Crippen LogP contribution in [0.1, 0.15) is 31.2 Å². The maximum atomic E-state index is 11.2. The molecule has 1 aliphatic heterocycles. The predicted octanol–water partition coefficient (Wildman–Crippen LogP) is 2.13. The molecule has 1 aliphatic rings. The summed E-state index contributed by atoms with van der Waals surface area (Å²) < 4.78 is 0. The lowest BCUT2D eigenvalue weighted by atomic mass is 9.99. The Morgan fingerprint density at radius 1 is 1.60 bits per heavy atom. The summed E-state index contributed by atoms with van der Waals surface area (Å²) in [6, 6.07) is 1.25. The summed E-state index contributed by atoms with van der Waals surface area (Å²) in [7, 11) is 0. The minimum atomic E-state index is -0.892. The molecule has 0 radical (unpaired) electrons. The Hall–Kier alpha value is -2.18. The molecule has 0 saturated carbocycles. The van der Waals surface area contributed by atoms with Gasteiger partial charge in [-0.05, 0) is 31.7 Å². The Bertz CT molecular complexity index is 532. The number of anilines is 1. The van der Waals surface area contributed by atoms with Gasteiger partial charge in [-0.25, -0.2) is 4.98 Å². The number of carbonyl (C=O) groups is 1. The van der Waals surface area contributed by atoms with Gasteiger partial charge in [0.05, 0.1) is 11.3 Å². The van der Waals surface area contributed by atoms with Crippen LogP contribution in [0.2, 0.25) is 0 Å². The molecular weight excluding hydrogens is 262 g/mol. The molecule has 108 valence electrons. The van der Waals surface area contributed by atoms with Crippen LogP contribution in [0.5, 0.6) is 0 Å². The number of aliphatic carboxylic acids is 1. The number of hydrogen-bond acceptors (Lipinski definition) is 5. The Labute approximate surface area is 116 Å². The predicted molar refractivity (Wildman–Crippen MR) is 72.9 cm³/mol. The van der Waals surface area contributed by atoms with Gasteiger partial charge in [-0.3, -0.25) is 14.9 Å². The van der Waals surface area contributed by atoms with Crippen molar-refractivity contribution >= 4 is 17.5 Å². The molecule has 0 aromatic carbocycles. The van der Waals surface area contributed by atoms with Crippen molar-refractivity contribution in [1.29, 1.82) is 0 Å². The van der Waals surface area contributed by atoms with Gasteiger partial charge < -0.3 is 10.0 Å². The van der Waals surface area contributed by atoms with Gasteiger partial charge in [-0.1, -0.05) is 0 Å². The van der Waals surface area contributed by atoms with Gasteiger partial charge >= 0.3 is 11.7 Å². The van der Waals surface area contributed by atoms with Gasteiger partial charge in [-0.2, -0.15) is 0 Å². The molecule has 1 aromatic heterocycles. The Balaban J connectivity index is 2.36. The fourth-order valence-corrected chi connectivity index (χ4v) is 2.60. The molecule has 0 aliphatic carbocycles. The molecule has 20 heavy (non-hydrogen) atoms. The number of aryl methyl sites for hydroxylation is 1. The monoisotopic (exact) mass is 279 g/mol. The zero-order valence-electron chi connectivity index (χ0n) is 11.3. The molecular formula is C13H17N3O4. The smallest absolute Gasteiger partial charge is 0.311 e. The van der Waals surface area contributed by atoms with E-state index in [1.807, 2.05) is 0 Å². The van der Waals surface area contributed by atoms with Crippen molar-refractivity contribution in [2.75, 3.05) is 11.4 Å². The summed E-state index contributed by atoms with van der Waals surface area (Å²) >= 11 is 0. The van der Waals surface area contributed by atoms with Crippen molar-refractivity contribution in [2.24, 2.45) is 0 Å². The summed E-state index contributed by atoms with van der Waals surface area (Å²) in [5.74, 6) is -0.608. The zero-order valence-corrected chi connectivity index (χ0v) is 11.3. The summed E-state index contributed by atoms with van der Waals surface area (Å²) in [6.45, 7) is 2.35. The van der Waals surface area contributed by atoms with Gasteiger partial charge in [0, 0.05) is 24.8 Å². The zero-order chi connectivity index (χ0) is 14.7. The van der Waals surface area contributed by atoms with Gasteiger partial charge in [0.2, 0.25) is 5.82 Å². The minimum absolute atomic E-state index is 0.0211. The topological polar surface area (TPSA) is 96.6 Å². The van der Waals surface area contributed by atoms with Gasteiger partial charge in [0.25, 0.3) is 0 Å². The van der Waals surface area contributed by atoms with E-state index in [1.54, 1.807) is 18.0 Å². The number of hydrogen-bond donors (Lipinski definition) is 1. The Morgan fingerprint density at radius 3 is 3.00 bits per heavy atom. The van der Waals surface area contributed by atoms with E-state index in [1.165, 1.54) is 6.07 Å². The number of nitro groups is 1. The fraction of sp³-hybridized carbons (Fsp3) is 0.538. The van der Waals surface area contributed by atoms with Crippen LogP contribution >= 0.6 is 0 Å². The molecule has 7 heteroatoms. The number of carboxylic acid groups (broad SMARTS) is 1. The van der Waals surface area contributed by atoms with Crippen LogP contribution in [0.25, 0.3) is 0 Å². The first-order chi connectivity index (χ1) is 9.49. The first-order valence-corrected chi connectivity index (χ1v) is 6.58. The summed E-state index contributed by atoms with van der Waals surface area (Å²) in [5, 5.41) is 20.1. The van der Waals surface area contributed by atoms with Crippen LogP contribution in [0, 0.1) is 17.0 Å². The van der Waals surface area contributed by atoms with E-state index in [4.69, 9.17) is 5.11 Å². The number of rotatable bonds is 4. The number of aromatic nitrogens is 1. The lowest BCUT2D eigenvalue weighted by Gasteiger charge is -2.35. The fourth-order valence-electron chi connectivity index (χ4n) is 2.60. The molecule has 1 unspecified atom stereocenters. The van der Waals surface area contributed by atoms with E-state index in [9.17, 15) is 14.9 Å². The van der Waals surface area contributed by atoms with Gasteiger partial charge in [-0.15, -0.1) is 0 Å². The van der Waals surface area contributed by atoms with Crippen molar-refractivity contribution in [3.8, 4) is 0 Å². The molecule has 2 rings (SSSR count). The molecule has 0 amide bonds.